The number of nitrogens with one attached hydrogen (secondary N) is 1. The number of hydrogen-bond acceptors (Lipinski definition) is 5. The van der Waals surface area contributed by atoms with Crippen molar-refractivity contribution in [2.75, 3.05) is 31.6 Å². The maximum Gasteiger partial charge on any atom is 0.238 e. The lowest BCUT2D eigenvalue weighted by Crippen LogP contribution is -2.41. The predicted octanol–water partition coefficient (Wildman–Crippen LogP) is 2.03. The summed E-state index contributed by atoms with van der Waals surface area (Å²) in [5.41, 5.74) is 0.796. The number of aromatic nitrogens is 3. The minimum absolute atomic E-state index is 0.0190. The molecule has 7 heteroatoms. The summed E-state index contributed by atoms with van der Waals surface area (Å²) in [6.45, 7) is 5.74. The number of ether oxygens (including phenoxy) is 1. The van der Waals surface area contributed by atoms with Crippen molar-refractivity contribution in [2.45, 2.75) is 26.3 Å². The third kappa shape index (κ3) is 5.29. The number of anilines is 1. The van der Waals surface area contributed by atoms with Gasteiger partial charge < -0.3 is 10.1 Å². The highest BCUT2D eigenvalue weighted by atomic mass is 16.5. The van der Waals surface area contributed by atoms with Crippen LogP contribution in [-0.4, -0.2) is 51.8 Å². The lowest BCUT2D eigenvalue weighted by Gasteiger charge is -2.32. The summed E-state index contributed by atoms with van der Waals surface area (Å²) in [7, 11) is 0. The Hall–Kier alpha value is -2.41. The first-order chi connectivity index (χ1) is 12.2. The zero-order valence-electron chi connectivity index (χ0n) is 14.6. The maximum absolute atomic E-state index is 12.3. The Morgan fingerprint density at radius 1 is 1.36 bits per heavy atom. The van der Waals surface area contributed by atoms with Crippen molar-refractivity contribution >= 4 is 11.6 Å². The first-order valence-electron chi connectivity index (χ1n) is 8.80. The van der Waals surface area contributed by atoms with Crippen LogP contribution in [0.4, 0.5) is 5.69 Å². The number of carbonyl (C=O) groups excluding carboxylic acids is 1. The highest BCUT2D eigenvalue weighted by Crippen LogP contribution is 2.19. The summed E-state index contributed by atoms with van der Waals surface area (Å²) < 4.78 is 7.28. The molecule has 0 aliphatic carbocycles. The van der Waals surface area contributed by atoms with Crippen LogP contribution in [0.2, 0.25) is 0 Å². The molecule has 1 aliphatic heterocycles. The first-order valence-corrected chi connectivity index (χ1v) is 8.80. The fourth-order valence-electron chi connectivity index (χ4n) is 3.24. The van der Waals surface area contributed by atoms with Crippen LogP contribution in [0.5, 0.6) is 5.75 Å². The van der Waals surface area contributed by atoms with Gasteiger partial charge >= 0.3 is 0 Å². The van der Waals surface area contributed by atoms with E-state index in [2.05, 4.69) is 20.3 Å². The quantitative estimate of drug-likeness (QED) is 0.833. The molecule has 1 aromatic carbocycles. The second kappa shape index (κ2) is 8.62. The molecule has 3 rings (SSSR count). The number of benzene rings is 1. The van der Waals surface area contributed by atoms with Crippen LogP contribution in [0.1, 0.15) is 19.8 Å². The number of amides is 1. The largest absolute Gasteiger partial charge is 0.494 e. The summed E-state index contributed by atoms with van der Waals surface area (Å²) in [5, 5.41) is 7.13. The Labute approximate surface area is 148 Å². The van der Waals surface area contributed by atoms with Crippen LogP contribution < -0.4 is 10.1 Å². The van der Waals surface area contributed by atoms with E-state index >= 15 is 0 Å². The van der Waals surface area contributed by atoms with E-state index in [1.165, 1.54) is 0 Å². The molecular weight excluding hydrogens is 318 g/mol. The van der Waals surface area contributed by atoms with Gasteiger partial charge in [0.2, 0.25) is 5.91 Å². The van der Waals surface area contributed by atoms with Crippen molar-refractivity contribution in [3.63, 3.8) is 0 Å². The number of likely N-dealkylation sites (tertiary alicyclic amines) is 1. The molecule has 1 amide bonds. The Kier molecular flexibility index (Phi) is 6.00. The van der Waals surface area contributed by atoms with E-state index in [4.69, 9.17) is 4.74 Å². The van der Waals surface area contributed by atoms with Gasteiger partial charge in [0.25, 0.3) is 0 Å². The molecule has 1 aromatic heterocycles. The van der Waals surface area contributed by atoms with E-state index in [-0.39, 0.29) is 5.91 Å². The standard InChI is InChI=1S/C18H25N5O2/c1-2-25-17-7-5-16(6-8-17)21-18(24)12-22-9-3-4-15(10-22)11-23-14-19-13-20-23/h5-8,13-15H,2-4,9-12H2,1H3,(H,21,24). The summed E-state index contributed by atoms with van der Waals surface area (Å²) in [6.07, 6.45) is 5.58. The van der Waals surface area contributed by atoms with Crippen molar-refractivity contribution < 1.29 is 9.53 Å². The van der Waals surface area contributed by atoms with E-state index in [0.717, 1.165) is 43.9 Å². The van der Waals surface area contributed by atoms with Gasteiger partial charge in [0.05, 0.1) is 13.2 Å². The Morgan fingerprint density at radius 3 is 2.92 bits per heavy atom. The number of carbonyl (C=O) groups is 1. The number of hydrogen-bond donors (Lipinski definition) is 1. The molecule has 2 aromatic rings. The SMILES string of the molecule is CCOc1ccc(NC(=O)CN2CCCC(Cn3cncn3)C2)cc1. The molecule has 134 valence electrons. The van der Waals surface area contributed by atoms with Gasteiger partial charge in [0.15, 0.2) is 0 Å². The van der Waals surface area contributed by atoms with Gasteiger partial charge in [-0.05, 0) is 56.5 Å². The molecule has 1 aliphatic rings. The van der Waals surface area contributed by atoms with E-state index in [1.807, 2.05) is 35.9 Å². The van der Waals surface area contributed by atoms with Crippen LogP contribution in [0.15, 0.2) is 36.9 Å². The molecule has 7 nitrogen and oxygen atoms in total. The average molecular weight is 343 g/mol. The summed E-state index contributed by atoms with van der Waals surface area (Å²) in [6, 6.07) is 7.47. The zero-order valence-corrected chi connectivity index (χ0v) is 14.6. The second-order valence-electron chi connectivity index (χ2n) is 6.37. The first kappa shape index (κ1) is 17.4. The van der Waals surface area contributed by atoms with Gasteiger partial charge in [-0.25, -0.2) is 4.98 Å². The van der Waals surface area contributed by atoms with E-state index in [9.17, 15) is 4.79 Å². The Bertz CT molecular complexity index is 657. The normalized spacial score (nSPS) is 18.0. The van der Waals surface area contributed by atoms with Crippen molar-refractivity contribution in [1.82, 2.24) is 19.7 Å². The van der Waals surface area contributed by atoms with Crippen molar-refractivity contribution in [3.8, 4) is 5.75 Å². The monoisotopic (exact) mass is 343 g/mol. The summed E-state index contributed by atoms with van der Waals surface area (Å²) in [5.74, 6) is 1.34. The molecule has 1 saturated heterocycles. The molecular formula is C18H25N5O2. The summed E-state index contributed by atoms with van der Waals surface area (Å²) in [4.78, 5) is 18.5. The third-order valence-electron chi connectivity index (χ3n) is 4.33. The van der Waals surface area contributed by atoms with Crippen molar-refractivity contribution in [1.29, 1.82) is 0 Å². The van der Waals surface area contributed by atoms with E-state index < -0.39 is 0 Å². The molecule has 1 N–H and O–H groups in total. The van der Waals surface area contributed by atoms with Gasteiger partial charge in [-0.15, -0.1) is 0 Å². The van der Waals surface area contributed by atoms with Crippen LogP contribution in [0, 0.1) is 5.92 Å². The Morgan fingerprint density at radius 2 is 2.20 bits per heavy atom. The van der Waals surface area contributed by atoms with Crippen LogP contribution in [0.25, 0.3) is 0 Å². The van der Waals surface area contributed by atoms with Gasteiger partial charge in [-0.1, -0.05) is 0 Å². The van der Waals surface area contributed by atoms with E-state index in [0.29, 0.717) is 19.1 Å². The zero-order chi connectivity index (χ0) is 17.5. The number of rotatable bonds is 7. The second-order valence-corrected chi connectivity index (χ2v) is 6.37. The molecule has 1 unspecified atom stereocenters. The molecule has 0 bridgehead atoms. The van der Waals surface area contributed by atoms with Crippen molar-refractivity contribution in [3.05, 3.63) is 36.9 Å². The minimum atomic E-state index is 0.0190. The molecule has 1 fully saturated rings. The number of piperidine rings is 1. The molecule has 1 atom stereocenters. The van der Waals surface area contributed by atoms with Gasteiger partial charge in [0, 0.05) is 18.8 Å². The highest BCUT2D eigenvalue weighted by molar-refractivity contribution is 5.92. The number of nitrogens with zero attached hydrogens (tertiary/aromatic N) is 4. The molecule has 0 saturated carbocycles. The molecule has 0 spiro atoms. The van der Waals surface area contributed by atoms with Crippen LogP contribution >= 0.6 is 0 Å². The summed E-state index contributed by atoms with van der Waals surface area (Å²) >= 11 is 0. The van der Waals surface area contributed by atoms with E-state index in [1.54, 1.807) is 12.7 Å². The van der Waals surface area contributed by atoms with Gasteiger partial charge in [-0.2, -0.15) is 5.10 Å². The minimum Gasteiger partial charge on any atom is -0.494 e. The molecule has 25 heavy (non-hydrogen) atoms. The van der Waals surface area contributed by atoms with Crippen molar-refractivity contribution in [2.24, 2.45) is 5.92 Å². The topological polar surface area (TPSA) is 72.3 Å². The fraction of sp³-hybridized carbons (Fsp3) is 0.500. The molecule has 2 heterocycles. The molecule has 0 radical (unpaired) electrons. The maximum atomic E-state index is 12.3. The predicted molar refractivity (Wildman–Crippen MR) is 95.4 cm³/mol. The van der Waals surface area contributed by atoms with Gasteiger partial charge in [0.1, 0.15) is 18.4 Å². The van der Waals surface area contributed by atoms with Gasteiger partial charge in [-0.3, -0.25) is 14.4 Å². The van der Waals surface area contributed by atoms with Crippen LogP contribution in [-0.2, 0) is 11.3 Å². The lowest BCUT2D eigenvalue weighted by molar-refractivity contribution is -0.117. The highest BCUT2D eigenvalue weighted by Gasteiger charge is 2.22. The fourth-order valence-corrected chi connectivity index (χ4v) is 3.24. The Balaban J connectivity index is 1.46. The lowest BCUT2D eigenvalue weighted by atomic mass is 9.98. The van der Waals surface area contributed by atoms with Crippen LogP contribution in [0.3, 0.4) is 0 Å². The third-order valence-corrected chi connectivity index (χ3v) is 4.33. The smallest absolute Gasteiger partial charge is 0.238 e. The average Bonchev–Trinajstić information content (AvgIpc) is 3.10.